The Kier molecular flexibility index (Phi) is 9.16. The van der Waals surface area contributed by atoms with E-state index in [0.29, 0.717) is 12.2 Å². The van der Waals surface area contributed by atoms with Crippen LogP contribution in [-0.2, 0) is 6.42 Å². The summed E-state index contributed by atoms with van der Waals surface area (Å²) >= 11 is 0. The van der Waals surface area contributed by atoms with Crippen LogP contribution in [0.4, 0.5) is 4.39 Å². The first-order valence-corrected chi connectivity index (χ1v) is 10.0. The van der Waals surface area contributed by atoms with Gasteiger partial charge >= 0.3 is 0 Å². The SMILES string of the molecule is CCCCCCc1ccc(-c2ccc(OCC(F)CCCC)cn2)cc1. The second-order valence-corrected chi connectivity index (χ2v) is 6.94. The van der Waals surface area contributed by atoms with E-state index in [1.54, 1.807) is 6.20 Å². The van der Waals surface area contributed by atoms with Crippen molar-refractivity contribution in [1.82, 2.24) is 4.98 Å². The predicted octanol–water partition coefficient (Wildman–Crippen LogP) is 6.78. The third-order valence-electron chi connectivity index (χ3n) is 4.61. The van der Waals surface area contributed by atoms with Crippen LogP contribution in [0, 0.1) is 0 Å². The Balaban J connectivity index is 1.83. The van der Waals surface area contributed by atoms with Crippen LogP contribution in [-0.4, -0.2) is 17.8 Å². The van der Waals surface area contributed by atoms with Gasteiger partial charge in [-0.2, -0.15) is 0 Å². The van der Waals surface area contributed by atoms with Gasteiger partial charge in [-0.15, -0.1) is 0 Å². The van der Waals surface area contributed by atoms with E-state index in [0.717, 1.165) is 30.5 Å². The van der Waals surface area contributed by atoms with E-state index in [9.17, 15) is 4.39 Å². The lowest BCUT2D eigenvalue weighted by atomic mass is 10.0. The number of nitrogens with zero attached hydrogens (tertiary/aromatic N) is 1. The van der Waals surface area contributed by atoms with Gasteiger partial charge in [0.05, 0.1) is 11.9 Å². The fraction of sp³-hybridized carbons (Fsp3) is 0.522. The molecule has 1 heterocycles. The van der Waals surface area contributed by atoms with Crippen molar-refractivity contribution in [2.45, 2.75) is 71.4 Å². The highest BCUT2D eigenvalue weighted by molar-refractivity contribution is 5.59. The standard InChI is InChI=1S/C23H32FNO/c1-3-5-7-8-9-19-11-13-20(14-12-19)23-16-15-22(17-25-23)26-18-21(24)10-6-4-2/h11-17,21H,3-10,18H2,1-2H3. The average Bonchev–Trinajstić information content (AvgIpc) is 2.69. The summed E-state index contributed by atoms with van der Waals surface area (Å²) < 4.78 is 19.1. The Labute approximate surface area is 157 Å². The first-order chi connectivity index (χ1) is 12.7. The molecular weight excluding hydrogens is 325 g/mol. The fourth-order valence-electron chi connectivity index (χ4n) is 2.93. The Morgan fingerprint density at radius 3 is 2.35 bits per heavy atom. The highest BCUT2D eigenvalue weighted by Gasteiger charge is 2.07. The summed E-state index contributed by atoms with van der Waals surface area (Å²) in [5, 5.41) is 0. The zero-order chi connectivity index (χ0) is 18.6. The number of aryl methyl sites for hydroxylation is 1. The van der Waals surface area contributed by atoms with Crippen LogP contribution in [0.1, 0.15) is 64.4 Å². The van der Waals surface area contributed by atoms with Gasteiger partial charge in [0.15, 0.2) is 0 Å². The van der Waals surface area contributed by atoms with Crippen LogP contribution < -0.4 is 4.74 Å². The smallest absolute Gasteiger partial charge is 0.137 e. The summed E-state index contributed by atoms with van der Waals surface area (Å²) in [5.74, 6) is 0.625. The monoisotopic (exact) mass is 357 g/mol. The molecule has 0 amide bonds. The summed E-state index contributed by atoms with van der Waals surface area (Å²) in [6, 6.07) is 12.4. The molecule has 1 aromatic carbocycles. The first kappa shape index (κ1) is 20.4. The topological polar surface area (TPSA) is 22.1 Å². The number of aromatic nitrogens is 1. The van der Waals surface area contributed by atoms with E-state index in [2.05, 4.69) is 43.1 Å². The second kappa shape index (κ2) is 11.7. The average molecular weight is 358 g/mol. The molecule has 0 aliphatic carbocycles. The second-order valence-electron chi connectivity index (χ2n) is 6.94. The van der Waals surface area contributed by atoms with Gasteiger partial charge in [0.25, 0.3) is 0 Å². The van der Waals surface area contributed by atoms with Crippen LogP contribution in [0.2, 0.25) is 0 Å². The molecule has 1 unspecified atom stereocenters. The lowest BCUT2D eigenvalue weighted by Gasteiger charge is -2.10. The van der Waals surface area contributed by atoms with Crippen molar-refractivity contribution in [3.05, 3.63) is 48.2 Å². The molecular formula is C23H32FNO. The number of alkyl halides is 1. The minimum Gasteiger partial charge on any atom is -0.489 e. The van der Waals surface area contributed by atoms with Gasteiger partial charge < -0.3 is 4.74 Å². The molecule has 0 N–H and O–H groups in total. The minimum atomic E-state index is -0.903. The Bertz CT molecular complexity index is 609. The number of halogens is 1. The van der Waals surface area contributed by atoms with Crippen molar-refractivity contribution >= 4 is 0 Å². The number of hydrogen-bond donors (Lipinski definition) is 0. The summed E-state index contributed by atoms with van der Waals surface area (Å²) in [7, 11) is 0. The molecule has 1 atom stereocenters. The maximum atomic E-state index is 13.6. The lowest BCUT2D eigenvalue weighted by molar-refractivity contribution is 0.184. The molecule has 0 radical (unpaired) electrons. The van der Waals surface area contributed by atoms with Crippen molar-refractivity contribution in [2.24, 2.45) is 0 Å². The largest absolute Gasteiger partial charge is 0.489 e. The number of hydrogen-bond acceptors (Lipinski definition) is 2. The molecule has 0 spiro atoms. The van der Waals surface area contributed by atoms with Gasteiger partial charge in [0, 0.05) is 5.56 Å². The van der Waals surface area contributed by atoms with Crippen LogP contribution in [0.15, 0.2) is 42.6 Å². The van der Waals surface area contributed by atoms with Crippen molar-refractivity contribution in [3.63, 3.8) is 0 Å². The van der Waals surface area contributed by atoms with Crippen molar-refractivity contribution in [3.8, 4) is 17.0 Å². The van der Waals surface area contributed by atoms with E-state index in [1.165, 1.54) is 31.2 Å². The summed E-state index contributed by atoms with van der Waals surface area (Å²) in [4.78, 5) is 4.46. The van der Waals surface area contributed by atoms with Crippen molar-refractivity contribution < 1.29 is 9.13 Å². The lowest BCUT2D eigenvalue weighted by Crippen LogP contribution is -2.12. The third kappa shape index (κ3) is 7.15. The van der Waals surface area contributed by atoms with Gasteiger partial charge in [-0.3, -0.25) is 4.98 Å². The van der Waals surface area contributed by atoms with Gasteiger partial charge in [0.1, 0.15) is 18.5 Å². The van der Waals surface area contributed by atoms with Gasteiger partial charge in [-0.1, -0.05) is 70.2 Å². The van der Waals surface area contributed by atoms with Crippen LogP contribution in [0.25, 0.3) is 11.3 Å². The normalized spacial score (nSPS) is 12.1. The summed E-state index contributed by atoms with van der Waals surface area (Å²) in [6.07, 6.45) is 9.54. The highest BCUT2D eigenvalue weighted by atomic mass is 19.1. The van der Waals surface area contributed by atoms with Crippen molar-refractivity contribution in [2.75, 3.05) is 6.61 Å². The zero-order valence-corrected chi connectivity index (χ0v) is 16.2. The van der Waals surface area contributed by atoms with E-state index in [-0.39, 0.29) is 6.61 Å². The molecule has 0 aliphatic heterocycles. The van der Waals surface area contributed by atoms with Crippen LogP contribution in [0.5, 0.6) is 5.75 Å². The summed E-state index contributed by atoms with van der Waals surface area (Å²) in [6.45, 7) is 4.41. The maximum absolute atomic E-state index is 13.6. The quantitative estimate of drug-likeness (QED) is 0.391. The van der Waals surface area contributed by atoms with E-state index >= 15 is 0 Å². The number of unbranched alkanes of at least 4 members (excludes halogenated alkanes) is 4. The Morgan fingerprint density at radius 1 is 0.923 bits per heavy atom. The third-order valence-corrected chi connectivity index (χ3v) is 4.61. The van der Waals surface area contributed by atoms with E-state index in [1.807, 2.05) is 12.1 Å². The highest BCUT2D eigenvalue weighted by Crippen LogP contribution is 2.21. The molecule has 0 saturated carbocycles. The molecule has 0 bridgehead atoms. The number of rotatable bonds is 12. The van der Waals surface area contributed by atoms with E-state index < -0.39 is 6.17 Å². The molecule has 2 aromatic rings. The first-order valence-electron chi connectivity index (χ1n) is 10.0. The molecule has 0 fully saturated rings. The number of ether oxygens (including phenoxy) is 1. The van der Waals surface area contributed by atoms with Crippen LogP contribution in [0.3, 0.4) is 0 Å². The van der Waals surface area contributed by atoms with Crippen molar-refractivity contribution in [1.29, 1.82) is 0 Å². The molecule has 0 aliphatic rings. The van der Waals surface area contributed by atoms with E-state index in [4.69, 9.17) is 4.74 Å². The fourth-order valence-corrected chi connectivity index (χ4v) is 2.93. The molecule has 1 aromatic heterocycles. The number of pyridine rings is 1. The molecule has 0 saturated heterocycles. The summed E-state index contributed by atoms with van der Waals surface area (Å²) in [5.41, 5.74) is 3.39. The van der Waals surface area contributed by atoms with Gasteiger partial charge in [-0.05, 0) is 37.0 Å². The Morgan fingerprint density at radius 2 is 1.69 bits per heavy atom. The maximum Gasteiger partial charge on any atom is 0.137 e. The molecule has 26 heavy (non-hydrogen) atoms. The number of benzene rings is 1. The molecule has 142 valence electrons. The predicted molar refractivity (Wildman–Crippen MR) is 107 cm³/mol. The minimum absolute atomic E-state index is 0.105. The van der Waals surface area contributed by atoms with Gasteiger partial charge in [-0.25, -0.2) is 4.39 Å². The molecule has 3 heteroatoms. The Hall–Kier alpha value is -1.90. The zero-order valence-electron chi connectivity index (χ0n) is 16.2. The van der Waals surface area contributed by atoms with Gasteiger partial charge in [0.2, 0.25) is 0 Å². The molecule has 2 rings (SSSR count). The van der Waals surface area contributed by atoms with Crippen LogP contribution >= 0.6 is 0 Å². The molecule has 2 nitrogen and oxygen atoms in total.